The Balaban J connectivity index is 1.70. The highest BCUT2D eigenvalue weighted by Crippen LogP contribution is 2.26. The second kappa shape index (κ2) is 8.52. The summed E-state index contributed by atoms with van der Waals surface area (Å²) in [7, 11) is 0. The minimum absolute atomic E-state index is 0.226. The number of amides is 1. The Hall–Kier alpha value is -3.41. The molecule has 0 saturated heterocycles. The number of esters is 1. The van der Waals surface area contributed by atoms with Crippen molar-refractivity contribution in [2.24, 2.45) is 0 Å². The Morgan fingerprint density at radius 1 is 1.07 bits per heavy atom. The van der Waals surface area contributed by atoms with Crippen molar-refractivity contribution in [3.8, 4) is 11.3 Å². The van der Waals surface area contributed by atoms with Gasteiger partial charge in [0.05, 0.1) is 0 Å². The minimum atomic E-state index is -0.645. The van der Waals surface area contributed by atoms with Crippen molar-refractivity contribution in [1.29, 1.82) is 0 Å². The first-order valence-electron chi connectivity index (χ1n) is 9.08. The second-order valence-electron chi connectivity index (χ2n) is 6.42. The molecule has 0 aliphatic rings. The van der Waals surface area contributed by atoms with Gasteiger partial charge in [0, 0.05) is 11.3 Å². The van der Waals surface area contributed by atoms with E-state index in [0.29, 0.717) is 11.5 Å². The number of nitrogens with zero attached hydrogens (tertiary/aromatic N) is 1. The lowest BCUT2D eigenvalue weighted by Gasteiger charge is -2.13. The number of carbonyl (C=O) groups excluding carboxylic acids is 2. The quantitative estimate of drug-likeness (QED) is 0.646. The molecule has 0 aliphatic carbocycles. The van der Waals surface area contributed by atoms with E-state index in [1.54, 1.807) is 6.92 Å². The Kier molecular flexibility index (Phi) is 5.89. The summed E-state index contributed by atoms with van der Waals surface area (Å²) >= 11 is 0. The topological polar surface area (TPSA) is 81.4 Å². The molecule has 0 atom stereocenters. The minimum Gasteiger partial charge on any atom is -0.452 e. The molecule has 1 heterocycles. The van der Waals surface area contributed by atoms with E-state index in [1.807, 2.05) is 62.4 Å². The zero-order chi connectivity index (χ0) is 20.1. The highest BCUT2D eigenvalue weighted by Gasteiger charge is 2.23. The number of nitrogens with one attached hydrogen (secondary N) is 1. The van der Waals surface area contributed by atoms with E-state index in [4.69, 9.17) is 9.26 Å². The summed E-state index contributed by atoms with van der Waals surface area (Å²) in [6.07, 6.45) is 0.789. The third-order valence-corrected chi connectivity index (χ3v) is 4.45. The first kappa shape index (κ1) is 19.4. The standard InChI is InChI=1S/C22H22N2O4/c1-4-16-12-8-9-14(2)20(16)23-18(25)13-27-22(26)19-15(3)28-24-21(19)17-10-6-5-7-11-17/h5-12H,4,13H2,1-3H3,(H,23,25). The number of aromatic nitrogens is 1. The molecule has 0 saturated carbocycles. The number of hydrogen-bond acceptors (Lipinski definition) is 5. The van der Waals surface area contributed by atoms with E-state index in [-0.39, 0.29) is 5.56 Å². The molecule has 1 N–H and O–H groups in total. The van der Waals surface area contributed by atoms with Gasteiger partial charge in [0.25, 0.3) is 5.91 Å². The molecule has 0 spiro atoms. The molecule has 28 heavy (non-hydrogen) atoms. The predicted molar refractivity (Wildman–Crippen MR) is 106 cm³/mol. The lowest BCUT2D eigenvalue weighted by atomic mass is 10.1. The van der Waals surface area contributed by atoms with Gasteiger partial charge in [0.15, 0.2) is 6.61 Å². The molecule has 144 valence electrons. The fourth-order valence-corrected chi connectivity index (χ4v) is 2.99. The first-order chi connectivity index (χ1) is 13.5. The van der Waals surface area contributed by atoms with Crippen LogP contribution in [0, 0.1) is 13.8 Å². The summed E-state index contributed by atoms with van der Waals surface area (Å²) in [6.45, 7) is 5.18. The van der Waals surface area contributed by atoms with Gasteiger partial charge in [0.2, 0.25) is 0 Å². The van der Waals surface area contributed by atoms with Crippen LogP contribution >= 0.6 is 0 Å². The number of ether oxygens (including phenoxy) is 1. The average molecular weight is 378 g/mol. The maximum Gasteiger partial charge on any atom is 0.344 e. The first-order valence-corrected chi connectivity index (χ1v) is 9.08. The zero-order valence-electron chi connectivity index (χ0n) is 16.1. The van der Waals surface area contributed by atoms with E-state index < -0.39 is 18.5 Å². The molecule has 6 heteroatoms. The largest absolute Gasteiger partial charge is 0.452 e. The van der Waals surface area contributed by atoms with Gasteiger partial charge in [-0.25, -0.2) is 4.79 Å². The van der Waals surface area contributed by atoms with Crippen LogP contribution in [0.3, 0.4) is 0 Å². The lowest BCUT2D eigenvalue weighted by molar-refractivity contribution is -0.119. The molecule has 0 unspecified atom stereocenters. The molecule has 3 rings (SSSR count). The van der Waals surface area contributed by atoms with E-state index in [9.17, 15) is 9.59 Å². The monoisotopic (exact) mass is 378 g/mol. The Labute approximate surface area is 163 Å². The van der Waals surface area contributed by atoms with Crippen molar-refractivity contribution in [2.45, 2.75) is 27.2 Å². The highest BCUT2D eigenvalue weighted by molar-refractivity contribution is 5.99. The van der Waals surface area contributed by atoms with Crippen LogP contribution in [-0.2, 0) is 16.0 Å². The third-order valence-electron chi connectivity index (χ3n) is 4.45. The van der Waals surface area contributed by atoms with Gasteiger partial charge in [-0.1, -0.05) is 60.6 Å². The smallest absolute Gasteiger partial charge is 0.344 e. The van der Waals surface area contributed by atoms with Crippen LogP contribution in [0.2, 0.25) is 0 Å². The molecule has 1 aromatic heterocycles. The maximum atomic E-state index is 12.6. The zero-order valence-corrected chi connectivity index (χ0v) is 16.1. The molecular weight excluding hydrogens is 356 g/mol. The fourth-order valence-electron chi connectivity index (χ4n) is 2.99. The van der Waals surface area contributed by atoms with Gasteiger partial charge < -0.3 is 14.6 Å². The number of para-hydroxylation sites is 1. The van der Waals surface area contributed by atoms with Crippen LogP contribution in [0.15, 0.2) is 53.1 Å². The highest BCUT2D eigenvalue weighted by atomic mass is 16.5. The van der Waals surface area contributed by atoms with Crippen molar-refractivity contribution in [3.63, 3.8) is 0 Å². The number of hydrogen-bond donors (Lipinski definition) is 1. The average Bonchev–Trinajstić information content (AvgIpc) is 3.10. The SMILES string of the molecule is CCc1cccc(C)c1NC(=O)COC(=O)c1c(-c2ccccc2)noc1C. The molecule has 0 bridgehead atoms. The lowest BCUT2D eigenvalue weighted by Crippen LogP contribution is -2.22. The summed E-state index contributed by atoms with van der Waals surface area (Å²) < 4.78 is 10.4. The second-order valence-corrected chi connectivity index (χ2v) is 6.42. The van der Waals surface area contributed by atoms with Gasteiger partial charge in [-0.05, 0) is 31.4 Å². The van der Waals surface area contributed by atoms with Crippen LogP contribution in [0.1, 0.15) is 34.2 Å². The van der Waals surface area contributed by atoms with Crippen LogP contribution in [0.25, 0.3) is 11.3 Å². The van der Waals surface area contributed by atoms with Crippen molar-refractivity contribution in [1.82, 2.24) is 5.16 Å². The van der Waals surface area contributed by atoms with Gasteiger partial charge in [-0.2, -0.15) is 0 Å². The number of aryl methyl sites for hydroxylation is 3. The van der Waals surface area contributed by atoms with E-state index >= 15 is 0 Å². The number of anilines is 1. The van der Waals surface area contributed by atoms with E-state index in [0.717, 1.165) is 28.8 Å². The molecule has 0 fully saturated rings. The summed E-state index contributed by atoms with van der Waals surface area (Å²) in [5, 5.41) is 6.80. The van der Waals surface area contributed by atoms with Crippen LogP contribution < -0.4 is 5.32 Å². The Morgan fingerprint density at radius 2 is 1.82 bits per heavy atom. The Morgan fingerprint density at radius 3 is 2.54 bits per heavy atom. The maximum absolute atomic E-state index is 12.6. The summed E-state index contributed by atoms with van der Waals surface area (Å²) in [5.74, 6) is -0.697. The number of benzene rings is 2. The molecular formula is C22H22N2O4. The summed E-state index contributed by atoms with van der Waals surface area (Å²) in [6, 6.07) is 15.0. The van der Waals surface area contributed by atoms with Crippen molar-refractivity contribution in [3.05, 3.63) is 71.0 Å². The van der Waals surface area contributed by atoms with Crippen LogP contribution in [0.5, 0.6) is 0 Å². The normalized spacial score (nSPS) is 10.5. The van der Waals surface area contributed by atoms with E-state index in [1.165, 1.54) is 0 Å². The van der Waals surface area contributed by atoms with Crippen molar-refractivity contribution < 1.29 is 18.8 Å². The number of carbonyl (C=O) groups is 2. The molecule has 2 aromatic carbocycles. The summed E-state index contributed by atoms with van der Waals surface area (Å²) in [4.78, 5) is 24.9. The fraction of sp³-hybridized carbons (Fsp3) is 0.227. The summed E-state index contributed by atoms with van der Waals surface area (Å²) in [5.41, 5.74) is 4.11. The molecule has 0 radical (unpaired) electrons. The van der Waals surface area contributed by atoms with Crippen molar-refractivity contribution in [2.75, 3.05) is 11.9 Å². The van der Waals surface area contributed by atoms with Gasteiger partial charge >= 0.3 is 5.97 Å². The third kappa shape index (κ3) is 4.11. The van der Waals surface area contributed by atoms with Gasteiger partial charge in [0.1, 0.15) is 17.0 Å². The molecule has 6 nitrogen and oxygen atoms in total. The molecule has 1 amide bonds. The Bertz CT molecular complexity index is 993. The van der Waals surface area contributed by atoms with Crippen LogP contribution in [-0.4, -0.2) is 23.6 Å². The van der Waals surface area contributed by atoms with E-state index in [2.05, 4.69) is 10.5 Å². The van der Waals surface area contributed by atoms with Crippen LogP contribution in [0.4, 0.5) is 5.69 Å². The van der Waals surface area contributed by atoms with Gasteiger partial charge in [-0.15, -0.1) is 0 Å². The number of rotatable bonds is 6. The van der Waals surface area contributed by atoms with Gasteiger partial charge in [-0.3, -0.25) is 4.79 Å². The molecule has 3 aromatic rings. The van der Waals surface area contributed by atoms with Crippen molar-refractivity contribution >= 4 is 17.6 Å². The molecule has 0 aliphatic heterocycles. The predicted octanol–water partition coefficient (Wildman–Crippen LogP) is 4.32.